The number of nitriles is 1. The molecule has 0 heterocycles. The lowest BCUT2D eigenvalue weighted by molar-refractivity contribution is 0.195. The number of ether oxygens (including phenoxy) is 1. The molecule has 0 saturated heterocycles. The minimum atomic E-state index is -0.711. The van der Waals surface area contributed by atoms with Crippen LogP contribution in [0.1, 0.15) is 24.2 Å². The van der Waals surface area contributed by atoms with Gasteiger partial charge in [0, 0.05) is 5.56 Å². The Balaban J connectivity index is 2.34. The van der Waals surface area contributed by atoms with Crippen molar-refractivity contribution in [1.29, 1.82) is 5.26 Å². The predicted octanol–water partition coefficient (Wildman–Crippen LogP) is 3.54. The van der Waals surface area contributed by atoms with Gasteiger partial charge in [0.1, 0.15) is 5.75 Å². The van der Waals surface area contributed by atoms with Crippen LogP contribution < -0.4 is 4.74 Å². The molecule has 0 fully saturated rings. The highest BCUT2D eigenvalue weighted by molar-refractivity contribution is 5.41. The average Bonchev–Trinajstić information content (AvgIpc) is 2.41. The fourth-order valence-electron chi connectivity index (χ4n) is 1.69. The van der Waals surface area contributed by atoms with Crippen LogP contribution in [0.5, 0.6) is 11.5 Å². The summed E-state index contributed by atoms with van der Waals surface area (Å²) in [6.45, 7) is 1.61. The molecule has 0 aliphatic heterocycles. The summed E-state index contributed by atoms with van der Waals surface area (Å²) < 4.78 is 19.2. The summed E-state index contributed by atoms with van der Waals surface area (Å²) >= 11 is 0. The molecule has 2 aromatic rings. The lowest BCUT2D eigenvalue weighted by Gasteiger charge is -2.13. The molecule has 0 aliphatic carbocycles. The summed E-state index contributed by atoms with van der Waals surface area (Å²) in [7, 11) is 0. The number of halogens is 1. The van der Waals surface area contributed by atoms with E-state index in [0.717, 1.165) is 6.07 Å². The number of hydrogen-bond acceptors (Lipinski definition) is 3. The first-order valence-electron chi connectivity index (χ1n) is 5.76. The van der Waals surface area contributed by atoms with Crippen molar-refractivity contribution in [3.05, 3.63) is 59.4 Å². The van der Waals surface area contributed by atoms with Gasteiger partial charge in [0.25, 0.3) is 0 Å². The topological polar surface area (TPSA) is 53.2 Å². The van der Waals surface area contributed by atoms with Gasteiger partial charge in [0.2, 0.25) is 0 Å². The summed E-state index contributed by atoms with van der Waals surface area (Å²) in [5.41, 5.74) is 0.805. The second kappa shape index (κ2) is 5.51. The molecule has 96 valence electrons. The van der Waals surface area contributed by atoms with Gasteiger partial charge in [-0.05, 0) is 31.2 Å². The molecule has 2 rings (SSSR count). The second-order valence-electron chi connectivity index (χ2n) is 4.07. The molecule has 0 radical (unpaired) electrons. The van der Waals surface area contributed by atoms with E-state index in [9.17, 15) is 9.50 Å². The third kappa shape index (κ3) is 2.90. The fourth-order valence-corrected chi connectivity index (χ4v) is 1.69. The van der Waals surface area contributed by atoms with Crippen LogP contribution in [0.3, 0.4) is 0 Å². The van der Waals surface area contributed by atoms with E-state index in [4.69, 9.17) is 10.00 Å². The van der Waals surface area contributed by atoms with E-state index in [1.54, 1.807) is 31.2 Å². The Morgan fingerprint density at radius 2 is 1.95 bits per heavy atom. The van der Waals surface area contributed by atoms with Crippen molar-refractivity contribution in [2.45, 2.75) is 13.0 Å². The monoisotopic (exact) mass is 257 g/mol. The van der Waals surface area contributed by atoms with Crippen LogP contribution in [0, 0.1) is 17.1 Å². The van der Waals surface area contributed by atoms with Crippen LogP contribution in [0.25, 0.3) is 0 Å². The zero-order valence-corrected chi connectivity index (χ0v) is 10.3. The molecule has 0 spiro atoms. The summed E-state index contributed by atoms with van der Waals surface area (Å²) in [4.78, 5) is 0. The van der Waals surface area contributed by atoms with Crippen LogP contribution >= 0.6 is 0 Å². The Morgan fingerprint density at radius 3 is 2.58 bits per heavy atom. The van der Waals surface area contributed by atoms with Gasteiger partial charge >= 0.3 is 0 Å². The van der Waals surface area contributed by atoms with E-state index in [1.807, 2.05) is 6.07 Å². The van der Waals surface area contributed by atoms with Crippen molar-refractivity contribution >= 4 is 0 Å². The largest absolute Gasteiger partial charge is 0.454 e. The first-order chi connectivity index (χ1) is 9.11. The molecule has 19 heavy (non-hydrogen) atoms. The number of hydrogen-bond donors (Lipinski definition) is 1. The lowest BCUT2D eigenvalue weighted by atomic mass is 10.1. The van der Waals surface area contributed by atoms with Gasteiger partial charge in [-0.1, -0.05) is 18.2 Å². The molecule has 0 unspecified atom stereocenters. The predicted molar refractivity (Wildman–Crippen MR) is 68.3 cm³/mol. The minimum absolute atomic E-state index is 0.0205. The molecular formula is C15H12FNO2. The molecule has 0 aromatic heterocycles. The van der Waals surface area contributed by atoms with Crippen molar-refractivity contribution in [2.24, 2.45) is 0 Å². The third-order valence-electron chi connectivity index (χ3n) is 2.65. The summed E-state index contributed by atoms with van der Waals surface area (Å²) in [5.74, 6) is -0.201. The molecule has 3 nitrogen and oxygen atoms in total. The van der Waals surface area contributed by atoms with Crippen molar-refractivity contribution in [1.82, 2.24) is 0 Å². The van der Waals surface area contributed by atoms with Crippen LogP contribution in [0.4, 0.5) is 4.39 Å². The highest BCUT2D eigenvalue weighted by Gasteiger charge is 2.11. The maximum atomic E-state index is 13.7. The number of aliphatic hydroxyl groups excluding tert-OH is 1. The average molecular weight is 257 g/mol. The summed E-state index contributed by atoms with van der Waals surface area (Å²) in [6.07, 6.45) is -0.711. The van der Waals surface area contributed by atoms with Crippen LogP contribution in [0.15, 0.2) is 42.5 Å². The second-order valence-corrected chi connectivity index (χ2v) is 4.07. The number of nitrogens with zero attached hydrogens (tertiary/aromatic N) is 1. The molecule has 1 atom stereocenters. The Bertz CT molecular complexity index is 632. The highest BCUT2D eigenvalue weighted by atomic mass is 19.1. The lowest BCUT2D eigenvalue weighted by Crippen LogP contribution is -1.97. The van der Waals surface area contributed by atoms with Crippen LogP contribution in [0.2, 0.25) is 0 Å². The molecule has 0 bridgehead atoms. The summed E-state index contributed by atoms with van der Waals surface area (Å²) in [5, 5.41) is 18.3. The Morgan fingerprint density at radius 1 is 1.21 bits per heavy atom. The quantitative estimate of drug-likeness (QED) is 0.914. The number of para-hydroxylation sites is 1. The Labute approximate surface area is 110 Å². The first kappa shape index (κ1) is 13.1. The van der Waals surface area contributed by atoms with Gasteiger partial charge in [0.05, 0.1) is 17.7 Å². The number of aliphatic hydroxyl groups is 1. The van der Waals surface area contributed by atoms with Crippen molar-refractivity contribution in [3.63, 3.8) is 0 Å². The number of benzene rings is 2. The van der Waals surface area contributed by atoms with Gasteiger partial charge in [-0.15, -0.1) is 0 Å². The van der Waals surface area contributed by atoms with Crippen molar-refractivity contribution in [3.8, 4) is 17.6 Å². The van der Waals surface area contributed by atoms with Crippen molar-refractivity contribution in [2.75, 3.05) is 0 Å². The Hall–Kier alpha value is -2.38. The zero-order chi connectivity index (χ0) is 13.8. The smallest absolute Gasteiger partial charge is 0.167 e. The van der Waals surface area contributed by atoms with E-state index in [-0.39, 0.29) is 11.3 Å². The third-order valence-corrected chi connectivity index (χ3v) is 2.65. The van der Waals surface area contributed by atoms with E-state index < -0.39 is 11.9 Å². The van der Waals surface area contributed by atoms with Gasteiger partial charge in [-0.25, -0.2) is 4.39 Å². The van der Waals surface area contributed by atoms with E-state index in [1.165, 1.54) is 12.1 Å². The zero-order valence-electron chi connectivity index (χ0n) is 10.3. The van der Waals surface area contributed by atoms with Crippen LogP contribution in [-0.2, 0) is 0 Å². The van der Waals surface area contributed by atoms with Gasteiger partial charge in [-0.3, -0.25) is 0 Å². The van der Waals surface area contributed by atoms with E-state index in [2.05, 4.69) is 0 Å². The normalized spacial score (nSPS) is 11.7. The molecule has 0 amide bonds. The highest BCUT2D eigenvalue weighted by Crippen LogP contribution is 2.30. The van der Waals surface area contributed by atoms with E-state index >= 15 is 0 Å². The fraction of sp³-hybridized carbons (Fsp3) is 0.133. The van der Waals surface area contributed by atoms with Gasteiger partial charge in [-0.2, -0.15) is 5.26 Å². The molecular weight excluding hydrogens is 245 g/mol. The van der Waals surface area contributed by atoms with Crippen molar-refractivity contribution < 1.29 is 14.2 Å². The van der Waals surface area contributed by atoms with E-state index in [0.29, 0.717) is 11.3 Å². The maximum absolute atomic E-state index is 13.7. The SMILES string of the molecule is C[C@H](O)c1ccccc1Oc1ccc(C#N)cc1F. The minimum Gasteiger partial charge on any atom is -0.454 e. The standard InChI is InChI=1S/C15H12FNO2/c1-10(18)12-4-2-3-5-14(12)19-15-7-6-11(9-17)8-13(15)16/h2-8,10,18H,1H3/t10-/m0/s1. The van der Waals surface area contributed by atoms with Gasteiger partial charge in [0.15, 0.2) is 11.6 Å². The van der Waals surface area contributed by atoms with Crippen LogP contribution in [-0.4, -0.2) is 5.11 Å². The molecule has 0 aliphatic rings. The summed E-state index contributed by atoms with van der Waals surface area (Å²) in [6, 6.07) is 12.7. The molecule has 1 N–H and O–H groups in total. The molecule has 2 aromatic carbocycles. The first-order valence-corrected chi connectivity index (χ1v) is 5.76. The molecule has 4 heteroatoms. The maximum Gasteiger partial charge on any atom is 0.167 e. The Kier molecular flexibility index (Phi) is 3.79. The van der Waals surface area contributed by atoms with Gasteiger partial charge < -0.3 is 9.84 Å². The number of rotatable bonds is 3. The molecule has 0 saturated carbocycles.